The third-order valence-corrected chi connectivity index (χ3v) is 5.49. The molecule has 2 aromatic rings. The first-order valence-corrected chi connectivity index (χ1v) is 10.4. The fraction of sp³-hybridized carbons (Fsp3) is 0.455. The van der Waals surface area contributed by atoms with Gasteiger partial charge in [0.25, 0.3) is 0 Å². The summed E-state index contributed by atoms with van der Waals surface area (Å²) in [5.74, 6) is 1.09. The van der Waals surface area contributed by atoms with Gasteiger partial charge in [0.1, 0.15) is 17.2 Å². The van der Waals surface area contributed by atoms with E-state index < -0.39 is 0 Å². The van der Waals surface area contributed by atoms with Crippen molar-refractivity contribution >= 4 is 13.9 Å². The number of phenols is 2. The van der Waals surface area contributed by atoms with Crippen molar-refractivity contribution in [2.75, 3.05) is 13.8 Å². The molecule has 0 saturated carbocycles. The van der Waals surface area contributed by atoms with E-state index in [2.05, 4.69) is 54.3 Å². The van der Waals surface area contributed by atoms with Gasteiger partial charge < -0.3 is 14.9 Å². The Labute approximate surface area is 159 Å². The van der Waals surface area contributed by atoms with Crippen LogP contribution < -0.4 is 10.0 Å². The van der Waals surface area contributed by atoms with Crippen molar-refractivity contribution in [3.63, 3.8) is 0 Å². The van der Waals surface area contributed by atoms with Gasteiger partial charge in [-0.05, 0) is 47.1 Å². The minimum Gasteiger partial charge on any atom is -0.507 e. The summed E-state index contributed by atoms with van der Waals surface area (Å²) in [5.41, 5.74) is 2.50. The summed E-state index contributed by atoms with van der Waals surface area (Å²) in [5, 5.41) is 23.2. The summed E-state index contributed by atoms with van der Waals surface area (Å²) in [6.45, 7) is 14.5. The lowest BCUT2D eigenvalue weighted by Gasteiger charge is -2.26. The van der Waals surface area contributed by atoms with E-state index in [1.54, 1.807) is 13.2 Å². The predicted octanol–water partition coefficient (Wildman–Crippen LogP) is 5.30. The van der Waals surface area contributed by atoms with Crippen LogP contribution in [0.2, 0.25) is 0 Å². The van der Waals surface area contributed by atoms with Crippen LogP contribution in [0.4, 0.5) is 0 Å². The summed E-state index contributed by atoms with van der Waals surface area (Å²) in [6, 6.07) is 7.71. The minimum atomic E-state index is -0.250. The van der Waals surface area contributed by atoms with Gasteiger partial charge in [-0.1, -0.05) is 50.1 Å². The summed E-state index contributed by atoms with van der Waals surface area (Å²) in [7, 11) is 2.22. The number of hydrogen-bond donors (Lipinski definition) is 2. The van der Waals surface area contributed by atoms with Gasteiger partial charge in [0.2, 0.25) is 0 Å². The first-order valence-electron chi connectivity index (χ1n) is 8.87. The molecule has 0 bridgehead atoms. The van der Waals surface area contributed by atoms with Gasteiger partial charge in [-0.25, -0.2) is 0 Å². The second-order valence-electron chi connectivity index (χ2n) is 8.74. The molecule has 1 atom stereocenters. The number of ether oxygens (including phenoxy) is 1. The zero-order valence-corrected chi connectivity index (χ0v) is 18.1. The Morgan fingerprint density at radius 1 is 0.769 bits per heavy atom. The van der Waals surface area contributed by atoms with Crippen LogP contribution >= 0.6 is 8.58 Å². The van der Waals surface area contributed by atoms with Crippen molar-refractivity contribution in [2.45, 2.75) is 52.4 Å². The van der Waals surface area contributed by atoms with E-state index >= 15 is 0 Å². The number of phenolic OH excluding ortho intramolecular Hbond substituents is 2. The summed E-state index contributed by atoms with van der Waals surface area (Å²) in [4.78, 5) is 0. The molecule has 0 heterocycles. The standard InChI is InChI=1S/C22H31O3P/c1-21(2,3)17-10-13(25-7)9-15(19(17)23)16-11-14(26-8)12-18(20(16)24)22(4,5)6/h9-12,23-24,26H,1-8H3. The number of methoxy groups -OCH3 is 1. The zero-order chi connectivity index (χ0) is 19.9. The van der Waals surface area contributed by atoms with Gasteiger partial charge in [-0.3, -0.25) is 0 Å². The molecular formula is C22H31O3P. The Morgan fingerprint density at radius 2 is 1.23 bits per heavy atom. The molecule has 2 aromatic carbocycles. The van der Waals surface area contributed by atoms with Crippen LogP contribution in [0.1, 0.15) is 52.7 Å². The topological polar surface area (TPSA) is 49.7 Å². The quantitative estimate of drug-likeness (QED) is 0.717. The predicted molar refractivity (Wildman–Crippen MR) is 113 cm³/mol. The van der Waals surface area contributed by atoms with Gasteiger partial charge >= 0.3 is 0 Å². The molecule has 0 fully saturated rings. The average Bonchev–Trinajstić information content (AvgIpc) is 2.53. The molecule has 0 aliphatic heterocycles. The highest BCUT2D eigenvalue weighted by molar-refractivity contribution is 7.46. The van der Waals surface area contributed by atoms with Crippen molar-refractivity contribution in [1.82, 2.24) is 0 Å². The smallest absolute Gasteiger partial charge is 0.127 e. The Balaban J connectivity index is 2.88. The Hall–Kier alpha value is -1.73. The molecule has 26 heavy (non-hydrogen) atoms. The largest absolute Gasteiger partial charge is 0.507 e. The van der Waals surface area contributed by atoms with Crippen molar-refractivity contribution in [3.05, 3.63) is 35.4 Å². The highest BCUT2D eigenvalue weighted by atomic mass is 31.1. The van der Waals surface area contributed by atoms with Crippen LogP contribution in [0.5, 0.6) is 17.2 Å². The van der Waals surface area contributed by atoms with E-state index in [0.717, 1.165) is 16.4 Å². The van der Waals surface area contributed by atoms with Gasteiger partial charge in [0.05, 0.1) is 7.11 Å². The van der Waals surface area contributed by atoms with E-state index in [0.29, 0.717) is 25.5 Å². The molecule has 0 aliphatic carbocycles. The summed E-state index contributed by atoms with van der Waals surface area (Å²) < 4.78 is 5.47. The first kappa shape index (κ1) is 20.6. The Morgan fingerprint density at radius 3 is 1.65 bits per heavy atom. The maximum atomic E-state index is 11.0. The number of rotatable bonds is 3. The van der Waals surface area contributed by atoms with E-state index in [9.17, 15) is 10.2 Å². The zero-order valence-electron chi connectivity index (χ0n) is 17.1. The normalized spacial score (nSPS) is 12.8. The fourth-order valence-corrected chi connectivity index (χ4v) is 3.64. The maximum absolute atomic E-state index is 11.0. The van der Waals surface area contributed by atoms with Crippen molar-refractivity contribution in [2.24, 2.45) is 0 Å². The molecule has 3 nitrogen and oxygen atoms in total. The molecule has 0 aliphatic rings. The fourth-order valence-electron chi connectivity index (χ4n) is 3.06. The first-order chi connectivity index (χ1) is 11.9. The third kappa shape index (κ3) is 3.99. The van der Waals surface area contributed by atoms with Crippen molar-refractivity contribution in [1.29, 1.82) is 0 Å². The van der Waals surface area contributed by atoms with E-state index in [4.69, 9.17) is 4.74 Å². The number of hydrogen-bond acceptors (Lipinski definition) is 3. The van der Waals surface area contributed by atoms with Gasteiger partial charge in [-0.15, -0.1) is 0 Å². The summed E-state index contributed by atoms with van der Waals surface area (Å²) >= 11 is 0. The Kier molecular flexibility index (Phi) is 5.63. The molecule has 0 saturated heterocycles. The second kappa shape index (κ2) is 7.12. The van der Waals surface area contributed by atoms with Gasteiger partial charge in [0, 0.05) is 22.3 Å². The third-order valence-electron chi connectivity index (χ3n) is 4.62. The summed E-state index contributed by atoms with van der Waals surface area (Å²) in [6.07, 6.45) is 0. The molecular weight excluding hydrogens is 343 g/mol. The van der Waals surface area contributed by atoms with Gasteiger partial charge in [-0.2, -0.15) is 0 Å². The van der Waals surface area contributed by atoms with Crippen LogP contribution in [0.3, 0.4) is 0 Å². The van der Waals surface area contributed by atoms with Crippen LogP contribution in [-0.2, 0) is 10.8 Å². The van der Waals surface area contributed by atoms with E-state index in [1.807, 2.05) is 12.1 Å². The van der Waals surface area contributed by atoms with Crippen LogP contribution in [0.25, 0.3) is 11.1 Å². The molecule has 0 aromatic heterocycles. The molecule has 142 valence electrons. The van der Waals surface area contributed by atoms with Crippen LogP contribution in [0, 0.1) is 0 Å². The second-order valence-corrected chi connectivity index (χ2v) is 9.82. The minimum absolute atomic E-state index is 0.199. The SMILES string of the molecule is COc1cc(-c2cc(PC)cc(C(C)(C)C)c2O)c(O)c(C(C)(C)C)c1. The average molecular weight is 374 g/mol. The lowest BCUT2D eigenvalue weighted by Crippen LogP contribution is -2.15. The highest BCUT2D eigenvalue weighted by Gasteiger charge is 2.26. The molecule has 0 radical (unpaired) electrons. The number of aromatic hydroxyl groups is 2. The van der Waals surface area contributed by atoms with E-state index in [-0.39, 0.29) is 22.3 Å². The molecule has 4 heteroatoms. The van der Waals surface area contributed by atoms with Crippen LogP contribution in [0.15, 0.2) is 24.3 Å². The molecule has 2 N–H and O–H groups in total. The van der Waals surface area contributed by atoms with Gasteiger partial charge in [0.15, 0.2) is 0 Å². The van der Waals surface area contributed by atoms with Crippen molar-refractivity contribution < 1.29 is 14.9 Å². The highest BCUT2D eigenvalue weighted by Crippen LogP contribution is 2.46. The molecule has 2 rings (SSSR count). The number of benzene rings is 2. The Bertz CT molecular complexity index is 742. The van der Waals surface area contributed by atoms with E-state index in [1.165, 1.54) is 0 Å². The van der Waals surface area contributed by atoms with Crippen LogP contribution in [-0.4, -0.2) is 24.0 Å². The molecule has 0 amide bonds. The maximum Gasteiger partial charge on any atom is 0.127 e. The van der Waals surface area contributed by atoms with Crippen molar-refractivity contribution in [3.8, 4) is 28.4 Å². The molecule has 0 spiro atoms. The molecule has 1 unspecified atom stereocenters. The monoisotopic (exact) mass is 374 g/mol. The lowest BCUT2D eigenvalue weighted by molar-refractivity contribution is 0.406. The lowest BCUT2D eigenvalue weighted by atomic mass is 9.82.